The first kappa shape index (κ1) is 23.7. The van der Waals surface area contributed by atoms with Gasteiger partial charge in [-0.05, 0) is 51.8 Å². The van der Waals surface area contributed by atoms with Crippen molar-refractivity contribution >= 4 is 22.5 Å². The van der Waals surface area contributed by atoms with Crippen LogP contribution in [-0.4, -0.2) is 44.1 Å². The number of para-hydroxylation sites is 1. The van der Waals surface area contributed by atoms with Crippen LogP contribution in [0.3, 0.4) is 0 Å². The van der Waals surface area contributed by atoms with Crippen LogP contribution in [0.25, 0.3) is 16.6 Å². The Bertz CT molecular complexity index is 1340. The van der Waals surface area contributed by atoms with Gasteiger partial charge in [0.15, 0.2) is 5.65 Å². The summed E-state index contributed by atoms with van der Waals surface area (Å²) < 4.78 is 3.80. The Morgan fingerprint density at radius 3 is 2.50 bits per heavy atom. The van der Waals surface area contributed by atoms with Crippen LogP contribution >= 0.6 is 0 Å². The monoisotopic (exact) mass is 459 g/mol. The Morgan fingerprint density at radius 2 is 1.76 bits per heavy atom. The number of nitrogens with one attached hydrogen (secondary N) is 1. The Balaban J connectivity index is 1.45. The molecule has 2 aromatic heterocycles. The normalized spacial score (nSPS) is 12.6. The number of benzene rings is 2. The van der Waals surface area contributed by atoms with E-state index in [9.17, 15) is 9.59 Å². The first-order valence-electron chi connectivity index (χ1n) is 11.9. The quantitative estimate of drug-likeness (QED) is 0.385. The van der Waals surface area contributed by atoms with Crippen LogP contribution in [0.15, 0.2) is 65.5 Å². The van der Waals surface area contributed by atoms with Gasteiger partial charge in [-0.15, -0.1) is 0 Å². The first-order chi connectivity index (χ1) is 16.4. The molecule has 0 aliphatic carbocycles. The molecule has 1 atom stereocenters. The lowest BCUT2D eigenvalue weighted by molar-refractivity contribution is -0.124. The number of fused-ring (bicyclic) bond motifs is 3. The van der Waals surface area contributed by atoms with Crippen molar-refractivity contribution in [3.05, 3.63) is 82.3 Å². The van der Waals surface area contributed by atoms with E-state index >= 15 is 0 Å². The molecule has 0 radical (unpaired) electrons. The SMILES string of the molecule is Cc1cc(=O)nc2c3ccccc3n([C@@H](C)C(=O)NCCCN(Cc3ccccc3)C(C)C)n12. The number of aryl methyl sites for hydroxylation is 1. The summed E-state index contributed by atoms with van der Waals surface area (Å²) in [6, 6.07) is 19.7. The molecule has 4 rings (SSSR count). The van der Waals surface area contributed by atoms with Crippen LogP contribution in [0.2, 0.25) is 0 Å². The molecular weight excluding hydrogens is 426 g/mol. The summed E-state index contributed by atoms with van der Waals surface area (Å²) in [4.78, 5) is 31.8. The van der Waals surface area contributed by atoms with Gasteiger partial charge in [-0.3, -0.25) is 19.2 Å². The van der Waals surface area contributed by atoms with Crippen LogP contribution < -0.4 is 10.9 Å². The molecule has 4 aromatic rings. The van der Waals surface area contributed by atoms with E-state index in [1.165, 1.54) is 11.6 Å². The van der Waals surface area contributed by atoms with Crippen LogP contribution in [-0.2, 0) is 11.3 Å². The van der Waals surface area contributed by atoms with Gasteiger partial charge in [-0.2, -0.15) is 4.98 Å². The van der Waals surface area contributed by atoms with Crippen molar-refractivity contribution in [1.29, 1.82) is 0 Å². The highest BCUT2D eigenvalue weighted by molar-refractivity contribution is 5.94. The lowest BCUT2D eigenvalue weighted by Crippen LogP contribution is -2.36. The summed E-state index contributed by atoms with van der Waals surface area (Å²) in [5.74, 6) is -0.0556. The van der Waals surface area contributed by atoms with E-state index in [1.54, 1.807) is 0 Å². The number of aromatic nitrogens is 3. The minimum Gasteiger partial charge on any atom is -0.354 e. The summed E-state index contributed by atoms with van der Waals surface area (Å²) in [7, 11) is 0. The molecule has 0 saturated carbocycles. The van der Waals surface area contributed by atoms with Gasteiger partial charge in [-0.1, -0.05) is 42.5 Å². The van der Waals surface area contributed by atoms with E-state index in [-0.39, 0.29) is 11.5 Å². The molecule has 7 nitrogen and oxygen atoms in total. The lowest BCUT2D eigenvalue weighted by Gasteiger charge is -2.26. The summed E-state index contributed by atoms with van der Waals surface area (Å²) in [5.41, 5.74) is 3.22. The van der Waals surface area contributed by atoms with E-state index in [4.69, 9.17) is 0 Å². The Hall–Kier alpha value is -3.45. The van der Waals surface area contributed by atoms with Gasteiger partial charge in [0.2, 0.25) is 5.91 Å². The van der Waals surface area contributed by atoms with Gasteiger partial charge >= 0.3 is 0 Å². The van der Waals surface area contributed by atoms with Crippen molar-refractivity contribution in [3.8, 4) is 0 Å². The number of amides is 1. The van der Waals surface area contributed by atoms with Crippen molar-refractivity contribution < 1.29 is 4.79 Å². The second kappa shape index (κ2) is 10.2. The highest BCUT2D eigenvalue weighted by Crippen LogP contribution is 2.25. The number of carbonyl (C=O) groups excluding carboxylic acids is 1. The molecule has 0 saturated heterocycles. The lowest BCUT2D eigenvalue weighted by atomic mass is 10.2. The molecule has 2 aromatic carbocycles. The van der Waals surface area contributed by atoms with Gasteiger partial charge in [0.25, 0.3) is 5.56 Å². The van der Waals surface area contributed by atoms with Gasteiger partial charge in [-0.25, -0.2) is 4.52 Å². The second-order valence-electron chi connectivity index (χ2n) is 9.10. The fourth-order valence-corrected chi connectivity index (χ4v) is 4.48. The van der Waals surface area contributed by atoms with Gasteiger partial charge < -0.3 is 5.32 Å². The van der Waals surface area contributed by atoms with Crippen molar-refractivity contribution in [3.63, 3.8) is 0 Å². The number of nitrogens with zero attached hydrogens (tertiary/aromatic N) is 4. The Kier molecular flexibility index (Phi) is 7.12. The zero-order valence-electron chi connectivity index (χ0n) is 20.4. The molecule has 1 N–H and O–H groups in total. The largest absolute Gasteiger partial charge is 0.354 e. The minimum absolute atomic E-state index is 0.0556. The maximum absolute atomic E-state index is 13.1. The molecule has 1 amide bonds. The molecule has 34 heavy (non-hydrogen) atoms. The third-order valence-corrected chi connectivity index (χ3v) is 6.32. The van der Waals surface area contributed by atoms with E-state index in [2.05, 4.69) is 53.3 Å². The molecule has 0 spiro atoms. The van der Waals surface area contributed by atoms with E-state index in [0.717, 1.165) is 36.1 Å². The van der Waals surface area contributed by atoms with E-state index in [1.807, 2.05) is 53.4 Å². The number of rotatable bonds is 9. The first-order valence-corrected chi connectivity index (χ1v) is 11.9. The number of carbonyl (C=O) groups is 1. The fraction of sp³-hybridized carbons (Fsp3) is 0.370. The van der Waals surface area contributed by atoms with E-state index < -0.39 is 6.04 Å². The predicted octanol–water partition coefficient (Wildman–Crippen LogP) is 3.94. The Morgan fingerprint density at radius 1 is 1.06 bits per heavy atom. The van der Waals surface area contributed by atoms with Crippen molar-refractivity contribution in [2.24, 2.45) is 0 Å². The average molecular weight is 460 g/mol. The van der Waals surface area contributed by atoms with Gasteiger partial charge in [0.05, 0.1) is 5.52 Å². The van der Waals surface area contributed by atoms with Crippen molar-refractivity contribution in [1.82, 2.24) is 24.4 Å². The molecule has 0 bridgehead atoms. The maximum atomic E-state index is 13.1. The Labute approximate surface area is 200 Å². The van der Waals surface area contributed by atoms with Crippen molar-refractivity contribution in [2.45, 2.75) is 52.7 Å². The van der Waals surface area contributed by atoms with Crippen LogP contribution in [0.4, 0.5) is 0 Å². The zero-order valence-corrected chi connectivity index (χ0v) is 20.4. The summed E-state index contributed by atoms with van der Waals surface area (Å²) in [6.07, 6.45) is 0.865. The smallest absolute Gasteiger partial charge is 0.273 e. The summed E-state index contributed by atoms with van der Waals surface area (Å²) in [5, 5.41) is 3.97. The topological polar surface area (TPSA) is 71.6 Å². The minimum atomic E-state index is -0.462. The summed E-state index contributed by atoms with van der Waals surface area (Å²) >= 11 is 0. The number of hydrogen-bond donors (Lipinski definition) is 1. The molecule has 0 unspecified atom stereocenters. The number of hydrogen-bond acceptors (Lipinski definition) is 4. The average Bonchev–Trinajstić information content (AvgIpc) is 3.15. The van der Waals surface area contributed by atoms with Crippen LogP contribution in [0, 0.1) is 6.92 Å². The zero-order chi connectivity index (χ0) is 24.2. The van der Waals surface area contributed by atoms with E-state index in [0.29, 0.717) is 18.2 Å². The van der Waals surface area contributed by atoms with Crippen LogP contribution in [0.5, 0.6) is 0 Å². The fourth-order valence-electron chi connectivity index (χ4n) is 4.48. The third kappa shape index (κ3) is 4.89. The molecule has 0 aliphatic heterocycles. The van der Waals surface area contributed by atoms with Crippen molar-refractivity contribution in [2.75, 3.05) is 13.1 Å². The predicted molar refractivity (Wildman–Crippen MR) is 136 cm³/mol. The summed E-state index contributed by atoms with van der Waals surface area (Å²) in [6.45, 7) is 10.6. The highest BCUT2D eigenvalue weighted by Gasteiger charge is 2.22. The molecule has 178 valence electrons. The third-order valence-electron chi connectivity index (χ3n) is 6.32. The molecule has 7 heteroatoms. The van der Waals surface area contributed by atoms with Gasteiger partial charge in [0.1, 0.15) is 6.04 Å². The highest BCUT2D eigenvalue weighted by atomic mass is 16.2. The second-order valence-corrected chi connectivity index (χ2v) is 9.10. The van der Waals surface area contributed by atoms with Crippen LogP contribution in [0.1, 0.15) is 44.5 Å². The van der Waals surface area contributed by atoms with Gasteiger partial charge in [0, 0.05) is 42.8 Å². The molecular formula is C27H33N5O2. The maximum Gasteiger partial charge on any atom is 0.273 e. The molecule has 2 heterocycles. The standard InChI is InChI=1S/C27H33N5O2/c1-19(2)30(18-22-11-6-5-7-12-22)16-10-15-28-27(34)21(4)32-24-14-9-8-13-23(24)26-29-25(33)17-20(3)31(26)32/h5-9,11-14,17,19,21H,10,15-16,18H2,1-4H3,(H,28,34)/t21-/m0/s1. The molecule has 0 aliphatic rings. The molecule has 0 fully saturated rings.